The highest BCUT2D eigenvalue weighted by molar-refractivity contribution is 5.95. The summed E-state index contributed by atoms with van der Waals surface area (Å²) >= 11 is 0. The van der Waals surface area contributed by atoms with E-state index in [4.69, 9.17) is 9.84 Å². The Kier molecular flexibility index (Phi) is 6.33. The number of amides is 2. The number of hydrogen-bond acceptors (Lipinski definition) is 5. The molecular weight excluding hydrogens is 494 g/mol. The smallest absolute Gasteiger partial charge is 0.335 e. The minimum atomic E-state index is -1.05. The Morgan fingerprint density at radius 2 is 1.69 bits per heavy atom. The van der Waals surface area contributed by atoms with Gasteiger partial charge >= 0.3 is 5.97 Å². The zero-order valence-corrected chi connectivity index (χ0v) is 21.6. The highest BCUT2D eigenvalue weighted by Gasteiger charge is 2.61. The SMILES string of the molecule is O=C(COc1ccc(C23CC4CC(CC(C(=O)Nc5ccccn5)(C4)C2)C3)cc1)Nc1cccc(C(=O)O)c1. The van der Waals surface area contributed by atoms with E-state index in [1.54, 1.807) is 18.3 Å². The van der Waals surface area contributed by atoms with E-state index in [-0.39, 0.29) is 34.8 Å². The first kappa shape index (κ1) is 25.1. The van der Waals surface area contributed by atoms with Crippen LogP contribution in [0.25, 0.3) is 0 Å². The van der Waals surface area contributed by atoms with Crippen LogP contribution in [0.3, 0.4) is 0 Å². The van der Waals surface area contributed by atoms with Crippen LogP contribution < -0.4 is 15.4 Å². The summed E-state index contributed by atoms with van der Waals surface area (Å²) in [7, 11) is 0. The van der Waals surface area contributed by atoms with Crippen LogP contribution in [0.1, 0.15) is 54.4 Å². The average molecular weight is 526 g/mol. The summed E-state index contributed by atoms with van der Waals surface area (Å²) in [5.41, 5.74) is 1.34. The summed E-state index contributed by atoms with van der Waals surface area (Å²) in [6, 6.07) is 19.6. The molecule has 8 heteroatoms. The van der Waals surface area contributed by atoms with Crippen molar-refractivity contribution in [1.29, 1.82) is 0 Å². The molecule has 3 aromatic rings. The van der Waals surface area contributed by atoms with Crippen LogP contribution in [-0.2, 0) is 15.0 Å². The summed E-state index contributed by atoms with van der Waals surface area (Å²) in [6.45, 7) is -0.192. The van der Waals surface area contributed by atoms with Crippen LogP contribution in [0, 0.1) is 17.3 Å². The molecule has 1 aromatic heterocycles. The summed E-state index contributed by atoms with van der Waals surface area (Å²) in [5.74, 6) is 0.942. The van der Waals surface area contributed by atoms with Crippen LogP contribution in [-0.4, -0.2) is 34.5 Å². The highest BCUT2D eigenvalue weighted by Crippen LogP contribution is 2.66. The largest absolute Gasteiger partial charge is 0.484 e. The molecule has 1 heterocycles. The lowest BCUT2D eigenvalue weighted by Gasteiger charge is -2.61. The number of aromatic nitrogens is 1. The first-order chi connectivity index (χ1) is 18.8. The third kappa shape index (κ3) is 4.99. The van der Waals surface area contributed by atoms with Crippen molar-refractivity contribution in [2.24, 2.45) is 17.3 Å². The molecule has 4 bridgehead atoms. The summed E-state index contributed by atoms with van der Waals surface area (Å²) in [6.07, 6.45) is 7.81. The maximum atomic E-state index is 13.6. The quantitative estimate of drug-likeness (QED) is 0.369. The Morgan fingerprint density at radius 1 is 0.923 bits per heavy atom. The number of nitrogens with one attached hydrogen (secondary N) is 2. The molecule has 8 nitrogen and oxygen atoms in total. The highest BCUT2D eigenvalue weighted by atomic mass is 16.5. The van der Waals surface area contributed by atoms with Gasteiger partial charge in [0.1, 0.15) is 11.6 Å². The second-order valence-corrected chi connectivity index (χ2v) is 11.4. The van der Waals surface area contributed by atoms with Crippen molar-refractivity contribution in [3.8, 4) is 5.75 Å². The first-order valence-corrected chi connectivity index (χ1v) is 13.4. The number of ether oxygens (including phenoxy) is 1. The van der Waals surface area contributed by atoms with Gasteiger partial charge in [0.2, 0.25) is 5.91 Å². The van der Waals surface area contributed by atoms with E-state index in [0.29, 0.717) is 29.1 Å². The van der Waals surface area contributed by atoms with Crippen molar-refractivity contribution in [3.63, 3.8) is 0 Å². The number of rotatable bonds is 8. The molecule has 4 aliphatic rings. The summed E-state index contributed by atoms with van der Waals surface area (Å²) in [4.78, 5) is 41.4. The van der Waals surface area contributed by atoms with Gasteiger partial charge in [-0.15, -0.1) is 0 Å². The Labute approximate surface area is 226 Å². The average Bonchev–Trinajstić information content (AvgIpc) is 2.92. The van der Waals surface area contributed by atoms with Gasteiger partial charge in [0.05, 0.1) is 11.0 Å². The third-order valence-electron chi connectivity index (χ3n) is 8.68. The molecule has 2 amide bonds. The van der Waals surface area contributed by atoms with Gasteiger partial charge in [-0.25, -0.2) is 9.78 Å². The van der Waals surface area contributed by atoms with E-state index in [9.17, 15) is 14.4 Å². The number of carboxylic acid groups (broad SMARTS) is 1. The number of carbonyl (C=O) groups is 3. The second-order valence-electron chi connectivity index (χ2n) is 11.4. The Hall–Kier alpha value is -4.20. The molecule has 2 unspecified atom stereocenters. The van der Waals surface area contributed by atoms with Crippen LogP contribution in [0.5, 0.6) is 5.75 Å². The molecule has 0 aliphatic heterocycles. The van der Waals surface area contributed by atoms with Gasteiger partial charge in [0.25, 0.3) is 5.91 Å². The van der Waals surface area contributed by atoms with Crippen molar-refractivity contribution in [1.82, 2.24) is 4.98 Å². The molecule has 2 atom stereocenters. The lowest BCUT2D eigenvalue weighted by atomic mass is 9.42. The Bertz CT molecular complexity index is 1390. The van der Waals surface area contributed by atoms with Gasteiger partial charge in [-0.05, 0) is 104 Å². The van der Waals surface area contributed by atoms with Crippen LogP contribution in [0.4, 0.5) is 11.5 Å². The van der Waals surface area contributed by atoms with Gasteiger partial charge < -0.3 is 20.5 Å². The maximum Gasteiger partial charge on any atom is 0.335 e. The molecule has 200 valence electrons. The standard InChI is InChI=1S/C31H31N3O5/c35-27(33-24-5-3-4-22(13-24)28(36)37)18-39-25-9-7-23(8-10-25)30-14-20-12-21(15-30)17-31(16-20,19-30)29(38)34-26-6-1-2-11-32-26/h1-11,13,20-21H,12,14-19H2,(H,33,35)(H,36,37)(H,32,34,38). The zero-order valence-electron chi connectivity index (χ0n) is 21.6. The number of anilines is 2. The molecule has 4 aliphatic carbocycles. The monoisotopic (exact) mass is 525 g/mol. The zero-order chi connectivity index (χ0) is 27.0. The molecule has 39 heavy (non-hydrogen) atoms. The van der Waals surface area contributed by atoms with Crippen LogP contribution in [0.2, 0.25) is 0 Å². The van der Waals surface area contributed by atoms with E-state index in [2.05, 4.69) is 27.8 Å². The maximum absolute atomic E-state index is 13.6. The fourth-order valence-corrected chi connectivity index (χ4v) is 7.53. The molecule has 0 spiro atoms. The van der Waals surface area contributed by atoms with Crippen LogP contribution in [0.15, 0.2) is 72.9 Å². The van der Waals surface area contributed by atoms with E-state index < -0.39 is 5.97 Å². The predicted octanol–water partition coefficient (Wildman–Crippen LogP) is 5.27. The van der Waals surface area contributed by atoms with Gasteiger partial charge in [0.15, 0.2) is 6.61 Å². The Balaban J connectivity index is 1.12. The van der Waals surface area contributed by atoms with Gasteiger partial charge in [-0.2, -0.15) is 0 Å². The van der Waals surface area contributed by atoms with Crippen molar-refractivity contribution < 1.29 is 24.2 Å². The van der Waals surface area contributed by atoms with Crippen molar-refractivity contribution in [3.05, 3.63) is 84.1 Å². The summed E-state index contributed by atoms with van der Waals surface area (Å²) < 4.78 is 5.72. The van der Waals surface area contributed by atoms with E-state index in [1.807, 2.05) is 30.3 Å². The molecule has 7 rings (SSSR count). The molecule has 2 aromatic carbocycles. The van der Waals surface area contributed by atoms with Gasteiger partial charge in [0, 0.05) is 11.9 Å². The fraction of sp³-hybridized carbons (Fsp3) is 0.355. The molecule has 4 fully saturated rings. The molecular formula is C31H31N3O5. The number of nitrogens with zero attached hydrogens (tertiary/aromatic N) is 1. The lowest BCUT2D eigenvalue weighted by Crippen LogP contribution is -2.58. The lowest BCUT2D eigenvalue weighted by molar-refractivity contribution is -0.143. The number of hydrogen-bond donors (Lipinski definition) is 3. The number of benzene rings is 2. The van der Waals surface area contributed by atoms with Gasteiger partial charge in [-0.3, -0.25) is 9.59 Å². The number of carboxylic acids is 1. The number of carbonyl (C=O) groups excluding carboxylic acids is 2. The molecule has 0 radical (unpaired) electrons. The normalized spacial score (nSPS) is 26.6. The van der Waals surface area contributed by atoms with E-state index >= 15 is 0 Å². The summed E-state index contributed by atoms with van der Waals surface area (Å²) in [5, 5.41) is 14.9. The van der Waals surface area contributed by atoms with E-state index in [0.717, 1.165) is 32.1 Å². The minimum absolute atomic E-state index is 0.0311. The molecule has 0 saturated heterocycles. The second kappa shape index (κ2) is 9.84. The molecule has 4 saturated carbocycles. The van der Waals surface area contributed by atoms with E-state index in [1.165, 1.54) is 24.1 Å². The number of aromatic carboxylic acids is 1. The topological polar surface area (TPSA) is 118 Å². The number of pyridine rings is 1. The predicted molar refractivity (Wildman–Crippen MR) is 146 cm³/mol. The third-order valence-corrected chi connectivity index (χ3v) is 8.68. The Morgan fingerprint density at radius 3 is 2.38 bits per heavy atom. The fourth-order valence-electron chi connectivity index (χ4n) is 7.53. The van der Waals surface area contributed by atoms with Crippen LogP contribution >= 0.6 is 0 Å². The first-order valence-electron chi connectivity index (χ1n) is 13.4. The van der Waals surface area contributed by atoms with Crippen molar-refractivity contribution >= 4 is 29.3 Å². The van der Waals surface area contributed by atoms with Crippen molar-refractivity contribution in [2.75, 3.05) is 17.2 Å². The molecule has 3 N–H and O–H groups in total. The van der Waals surface area contributed by atoms with Gasteiger partial charge in [-0.1, -0.05) is 24.3 Å². The van der Waals surface area contributed by atoms with Crippen molar-refractivity contribution in [2.45, 2.75) is 43.9 Å². The minimum Gasteiger partial charge on any atom is -0.484 e.